The fourth-order valence-electron chi connectivity index (χ4n) is 3.03. The monoisotopic (exact) mass is 548 g/mol. The second-order valence-corrected chi connectivity index (χ2v) is 9.04. The average molecular weight is 550 g/mol. The van der Waals surface area contributed by atoms with E-state index in [9.17, 15) is 35.9 Å². The molecule has 4 nitrogen and oxygen atoms in total. The molecular formula is C21H17Cl3F6N2O2. The average Bonchev–Trinajstić information content (AvgIpc) is 3.29. The minimum absolute atomic E-state index is 0.0303. The van der Waals surface area contributed by atoms with E-state index in [1.54, 1.807) is 5.32 Å². The summed E-state index contributed by atoms with van der Waals surface area (Å²) < 4.78 is 74.6. The van der Waals surface area contributed by atoms with Crippen molar-refractivity contribution in [3.8, 4) is 0 Å². The van der Waals surface area contributed by atoms with Crippen molar-refractivity contribution < 1.29 is 35.9 Å². The normalized spacial score (nSPS) is 20.2. The lowest BCUT2D eigenvalue weighted by Crippen LogP contribution is -2.33. The van der Waals surface area contributed by atoms with Crippen LogP contribution in [0, 0.1) is 11.8 Å². The van der Waals surface area contributed by atoms with E-state index < -0.39 is 58.5 Å². The molecule has 1 aromatic rings. The lowest BCUT2D eigenvalue weighted by Gasteiger charge is -2.11. The fourth-order valence-corrected chi connectivity index (χ4v) is 4.04. The van der Waals surface area contributed by atoms with Gasteiger partial charge in [0, 0.05) is 11.6 Å². The molecule has 186 valence electrons. The molecule has 2 N–H and O–H groups in total. The number of nitrogens with one attached hydrogen (secondary N) is 2. The van der Waals surface area contributed by atoms with E-state index in [4.69, 9.17) is 34.8 Å². The van der Waals surface area contributed by atoms with E-state index in [1.165, 1.54) is 18.2 Å². The zero-order valence-electron chi connectivity index (χ0n) is 17.0. The van der Waals surface area contributed by atoms with Crippen LogP contribution in [-0.2, 0) is 4.79 Å². The largest absolute Gasteiger partial charge is 0.405 e. The van der Waals surface area contributed by atoms with Crippen molar-refractivity contribution in [2.45, 2.75) is 23.4 Å². The van der Waals surface area contributed by atoms with Gasteiger partial charge in [0.05, 0.1) is 22.1 Å². The summed E-state index contributed by atoms with van der Waals surface area (Å²) in [4.78, 5) is 24.6. The first-order valence-electron chi connectivity index (χ1n) is 9.49. The van der Waals surface area contributed by atoms with Crippen molar-refractivity contribution >= 4 is 52.3 Å². The van der Waals surface area contributed by atoms with E-state index in [0.29, 0.717) is 6.08 Å². The molecule has 1 aromatic carbocycles. The van der Waals surface area contributed by atoms with Crippen molar-refractivity contribution in [2.24, 2.45) is 11.8 Å². The molecule has 34 heavy (non-hydrogen) atoms. The van der Waals surface area contributed by atoms with E-state index >= 15 is 0 Å². The third kappa shape index (κ3) is 7.16. The number of carbonyl (C=O) groups excluding carboxylic acids is 2. The first-order chi connectivity index (χ1) is 15.7. The third-order valence-electron chi connectivity index (χ3n) is 4.79. The van der Waals surface area contributed by atoms with Gasteiger partial charge in [0.2, 0.25) is 5.91 Å². The Kier molecular flexibility index (Phi) is 9.12. The highest BCUT2D eigenvalue weighted by Gasteiger charge is 2.66. The van der Waals surface area contributed by atoms with Gasteiger partial charge in [-0.3, -0.25) is 9.59 Å². The summed E-state index contributed by atoms with van der Waals surface area (Å²) in [5.41, 5.74) is -1.16. The SMILES string of the molecule is C=C/C(F)=C(\C=C/CC1C(C(=O)Nc2ccc(Cl)c(C(=O)NCC(F)(F)F)c2)C1(Cl)Cl)C(F)F. The molecule has 2 unspecified atom stereocenters. The number of anilines is 1. The Bertz CT molecular complexity index is 1020. The number of benzene rings is 1. The number of halogens is 9. The second kappa shape index (κ2) is 11.0. The highest BCUT2D eigenvalue weighted by atomic mass is 35.5. The predicted octanol–water partition coefficient (Wildman–Crippen LogP) is 6.61. The van der Waals surface area contributed by atoms with Crippen LogP contribution in [0.25, 0.3) is 0 Å². The summed E-state index contributed by atoms with van der Waals surface area (Å²) in [6.45, 7) is 1.51. The quantitative estimate of drug-likeness (QED) is 0.207. The number of allylic oxidation sites excluding steroid dienone is 5. The first-order valence-corrected chi connectivity index (χ1v) is 10.6. The highest BCUT2D eigenvalue weighted by molar-refractivity contribution is 6.53. The molecular weight excluding hydrogens is 533 g/mol. The van der Waals surface area contributed by atoms with Gasteiger partial charge in [-0.25, -0.2) is 13.2 Å². The summed E-state index contributed by atoms with van der Waals surface area (Å²) in [6, 6.07) is 3.58. The zero-order valence-corrected chi connectivity index (χ0v) is 19.3. The maximum Gasteiger partial charge on any atom is 0.405 e. The van der Waals surface area contributed by atoms with Crippen LogP contribution < -0.4 is 10.6 Å². The lowest BCUT2D eigenvalue weighted by molar-refractivity contribution is -0.123. The van der Waals surface area contributed by atoms with Crippen LogP contribution in [0.15, 0.2) is 54.4 Å². The standard InChI is InChI=1S/C21H17Cl3F6N2O2/c1-2-15(25)11(17(26)27)4-3-5-13-16(21(13,23)24)19(34)32-10-6-7-14(22)12(8-10)18(33)31-9-20(28,29)30/h2-4,6-8,13,16-17H,1,5,9H2,(H,31,33)(H,32,34)/b4-3-,15-11-. The molecule has 1 aliphatic rings. The second-order valence-electron chi connectivity index (χ2n) is 7.19. The van der Waals surface area contributed by atoms with Crippen LogP contribution in [0.3, 0.4) is 0 Å². The molecule has 0 aliphatic heterocycles. The number of carbonyl (C=O) groups is 2. The van der Waals surface area contributed by atoms with Crippen molar-refractivity contribution in [1.29, 1.82) is 0 Å². The van der Waals surface area contributed by atoms with Gasteiger partial charge in [0.15, 0.2) is 0 Å². The van der Waals surface area contributed by atoms with Crippen LogP contribution >= 0.6 is 34.8 Å². The number of amides is 2. The maximum atomic E-state index is 13.4. The Morgan fingerprint density at radius 1 is 1.24 bits per heavy atom. The molecule has 0 spiro atoms. The molecule has 1 aliphatic carbocycles. The zero-order chi connectivity index (χ0) is 25.8. The van der Waals surface area contributed by atoms with Gasteiger partial charge in [0.25, 0.3) is 12.3 Å². The molecule has 0 saturated heterocycles. The fraction of sp³-hybridized carbons (Fsp3) is 0.333. The van der Waals surface area contributed by atoms with Gasteiger partial charge in [-0.2, -0.15) is 13.2 Å². The Labute approximate surface area is 205 Å². The van der Waals surface area contributed by atoms with Crippen LogP contribution in [0.4, 0.5) is 32.0 Å². The Hall–Kier alpha value is -2.17. The van der Waals surface area contributed by atoms with Gasteiger partial charge in [0.1, 0.15) is 16.7 Å². The molecule has 2 rings (SSSR count). The molecule has 0 bridgehead atoms. The molecule has 13 heteroatoms. The van der Waals surface area contributed by atoms with E-state index in [2.05, 4.69) is 11.9 Å². The highest BCUT2D eigenvalue weighted by Crippen LogP contribution is 2.61. The van der Waals surface area contributed by atoms with E-state index in [-0.39, 0.29) is 22.7 Å². The Morgan fingerprint density at radius 2 is 1.88 bits per heavy atom. The van der Waals surface area contributed by atoms with Gasteiger partial charge in [-0.15, -0.1) is 23.2 Å². The minimum Gasteiger partial charge on any atom is -0.343 e. The Balaban J connectivity index is 2.07. The lowest BCUT2D eigenvalue weighted by atomic mass is 10.1. The topological polar surface area (TPSA) is 58.2 Å². The van der Waals surface area contributed by atoms with E-state index in [0.717, 1.165) is 12.1 Å². The van der Waals surface area contributed by atoms with Gasteiger partial charge < -0.3 is 10.6 Å². The summed E-state index contributed by atoms with van der Waals surface area (Å²) in [5, 5.41) is 3.95. The number of rotatable bonds is 9. The molecule has 0 aromatic heterocycles. The van der Waals surface area contributed by atoms with E-state index in [1.807, 2.05) is 0 Å². The summed E-state index contributed by atoms with van der Waals surface area (Å²) in [5.74, 6) is -4.67. The third-order valence-corrected chi connectivity index (χ3v) is 6.15. The Morgan fingerprint density at radius 3 is 2.44 bits per heavy atom. The number of alkyl halides is 7. The predicted molar refractivity (Wildman–Crippen MR) is 118 cm³/mol. The molecule has 1 fully saturated rings. The number of hydrogen-bond donors (Lipinski definition) is 2. The van der Waals surface area contributed by atoms with Crippen molar-refractivity contribution in [3.63, 3.8) is 0 Å². The van der Waals surface area contributed by atoms with Crippen LogP contribution in [-0.4, -0.2) is 35.3 Å². The van der Waals surface area contributed by atoms with Crippen LogP contribution in [0.5, 0.6) is 0 Å². The summed E-state index contributed by atoms with van der Waals surface area (Å²) in [7, 11) is 0. The van der Waals surface area contributed by atoms with Crippen molar-refractivity contribution in [2.75, 3.05) is 11.9 Å². The first kappa shape index (κ1) is 28.1. The summed E-state index contributed by atoms with van der Waals surface area (Å²) >= 11 is 18.1. The molecule has 2 atom stereocenters. The van der Waals surface area contributed by atoms with Crippen LogP contribution in [0.1, 0.15) is 16.8 Å². The maximum absolute atomic E-state index is 13.4. The van der Waals surface area contributed by atoms with Gasteiger partial charge in [-0.1, -0.05) is 30.3 Å². The summed E-state index contributed by atoms with van der Waals surface area (Å²) in [6.07, 6.45) is -5.06. The molecule has 2 amide bonds. The molecule has 1 saturated carbocycles. The van der Waals surface area contributed by atoms with Crippen molar-refractivity contribution in [3.05, 3.63) is 65.0 Å². The molecule has 0 heterocycles. The van der Waals surface area contributed by atoms with Crippen molar-refractivity contribution in [1.82, 2.24) is 5.32 Å². The smallest absolute Gasteiger partial charge is 0.343 e. The van der Waals surface area contributed by atoms with Gasteiger partial charge in [-0.05, 0) is 30.7 Å². The minimum atomic E-state index is -4.63. The number of hydrogen-bond acceptors (Lipinski definition) is 2. The molecule has 0 radical (unpaired) electrons. The van der Waals surface area contributed by atoms with Gasteiger partial charge >= 0.3 is 6.18 Å². The van der Waals surface area contributed by atoms with Crippen LogP contribution in [0.2, 0.25) is 5.02 Å².